The van der Waals surface area contributed by atoms with E-state index in [1.54, 1.807) is 12.1 Å². The Morgan fingerprint density at radius 1 is 1.10 bits per heavy atom. The van der Waals surface area contributed by atoms with Crippen molar-refractivity contribution in [1.29, 1.82) is 0 Å². The van der Waals surface area contributed by atoms with Crippen molar-refractivity contribution in [2.75, 3.05) is 6.54 Å². The van der Waals surface area contributed by atoms with E-state index in [1.807, 2.05) is 0 Å². The van der Waals surface area contributed by atoms with Crippen LogP contribution in [-0.4, -0.2) is 12.6 Å². The fourth-order valence-electron chi connectivity index (χ4n) is 2.99. The molecule has 1 N–H and O–H groups in total. The van der Waals surface area contributed by atoms with Crippen LogP contribution in [0.2, 0.25) is 0 Å². The van der Waals surface area contributed by atoms with Crippen molar-refractivity contribution >= 4 is 0 Å². The molecule has 0 aliphatic heterocycles. The molecule has 0 heterocycles. The molecule has 1 aromatic carbocycles. The second kappa shape index (κ2) is 5.06. The van der Waals surface area contributed by atoms with Gasteiger partial charge in [-0.1, -0.05) is 18.6 Å². The number of nitrogens with one attached hydrogen (secondary N) is 1. The zero-order valence-electron chi connectivity index (χ0n) is 11.5. The van der Waals surface area contributed by atoms with Gasteiger partial charge in [0.1, 0.15) is 0 Å². The Balaban J connectivity index is 1.63. The summed E-state index contributed by atoms with van der Waals surface area (Å²) in [7, 11) is 0. The molecule has 2 saturated carbocycles. The number of benzene rings is 1. The molecule has 20 heavy (non-hydrogen) atoms. The number of alkyl halides is 3. The third kappa shape index (κ3) is 3.17. The number of rotatable bonds is 5. The maximum Gasteiger partial charge on any atom is 0.416 e. The lowest BCUT2D eigenvalue weighted by Crippen LogP contribution is -2.42. The number of hydrogen-bond acceptors (Lipinski definition) is 1. The zero-order chi connectivity index (χ0) is 14.2. The minimum absolute atomic E-state index is 0.280. The highest BCUT2D eigenvalue weighted by atomic mass is 19.4. The van der Waals surface area contributed by atoms with E-state index in [1.165, 1.54) is 44.2 Å². The van der Waals surface area contributed by atoms with Crippen LogP contribution >= 0.6 is 0 Å². The molecule has 0 unspecified atom stereocenters. The van der Waals surface area contributed by atoms with Crippen LogP contribution in [0.3, 0.4) is 0 Å². The first-order valence-corrected chi connectivity index (χ1v) is 7.36. The van der Waals surface area contributed by atoms with Gasteiger partial charge in [0, 0.05) is 12.6 Å². The second-order valence-corrected chi connectivity index (χ2v) is 6.38. The highest BCUT2D eigenvalue weighted by Gasteiger charge is 2.38. The summed E-state index contributed by atoms with van der Waals surface area (Å²) >= 11 is 0. The molecule has 2 aliphatic rings. The molecule has 0 spiro atoms. The van der Waals surface area contributed by atoms with Gasteiger partial charge >= 0.3 is 6.18 Å². The summed E-state index contributed by atoms with van der Waals surface area (Å²) in [6.45, 7) is 1.01. The van der Waals surface area contributed by atoms with Gasteiger partial charge in [-0.05, 0) is 55.2 Å². The van der Waals surface area contributed by atoms with Crippen LogP contribution in [0.15, 0.2) is 24.3 Å². The Bertz CT molecular complexity index is 456. The topological polar surface area (TPSA) is 12.0 Å². The average Bonchev–Trinajstić information content (AvgIpc) is 3.16. The summed E-state index contributed by atoms with van der Waals surface area (Å²) in [6, 6.07) is 6.38. The number of halogens is 3. The van der Waals surface area contributed by atoms with E-state index in [0.717, 1.165) is 18.5 Å². The standard InChI is InChI=1S/C16H20F3N/c17-16(18,19)13-4-2-12(3-5-13)10-15(8-1-9-15)11-20-14-6-7-14/h2-5,14,20H,1,6-11H2. The van der Waals surface area contributed by atoms with Crippen molar-refractivity contribution in [2.24, 2.45) is 5.41 Å². The molecular weight excluding hydrogens is 263 g/mol. The van der Waals surface area contributed by atoms with Gasteiger partial charge in [-0.2, -0.15) is 13.2 Å². The molecular formula is C16H20F3N. The average molecular weight is 283 g/mol. The van der Waals surface area contributed by atoms with Crippen molar-refractivity contribution in [3.05, 3.63) is 35.4 Å². The fraction of sp³-hybridized carbons (Fsp3) is 0.625. The summed E-state index contributed by atoms with van der Waals surface area (Å²) in [4.78, 5) is 0. The summed E-state index contributed by atoms with van der Waals surface area (Å²) in [5.41, 5.74) is 0.748. The van der Waals surface area contributed by atoms with Crippen LogP contribution < -0.4 is 5.32 Å². The van der Waals surface area contributed by atoms with Crippen LogP contribution in [-0.2, 0) is 12.6 Å². The van der Waals surface area contributed by atoms with Crippen LogP contribution in [0.5, 0.6) is 0 Å². The minimum Gasteiger partial charge on any atom is -0.313 e. The molecule has 4 heteroatoms. The van der Waals surface area contributed by atoms with Gasteiger partial charge in [0.25, 0.3) is 0 Å². The lowest BCUT2D eigenvalue weighted by atomic mass is 9.65. The van der Waals surface area contributed by atoms with Gasteiger partial charge in [0.15, 0.2) is 0 Å². The molecule has 0 aromatic heterocycles. The third-order valence-corrected chi connectivity index (χ3v) is 4.62. The Hall–Kier alpha value is -1.03. The second-order valence-electron chi connectivity index (χ2n) is 6.38. The van der Waals surface area contributed by atoms with E-state index in [9.17, 15) is 13.2 Å². The summed E-state index contributed by atoms with van der Waals surface area (Å²) in [5, 5.41) is 3.58. The highest BCUT2D eigenvalue weighted by molar-refractivity contribution is 5.26. The molecule has 110 valence electrons. The molecule has 0 saturated heterocycles. The van der Waals surface area contributed by atoms with Crippen molar-refractivity contribution in [3.8, 4) is 0 Å². The Morgan fingerprint density at radius 3 is 2.20 bits per heavy atom. The smallest absolute Gasteiger partial charge is 0.313 e. The molecule has 3 rings (SSSR count). The van der Waals surface area contributed by atoms with Crippen molar-refractivity contribution < 1.29 is 13.2 Å². The van der Waals surface area contributed by atoms with Crippen molar-refractivity contribution in [1.82, 2.24) is 5.32 Å². The monoisotopic (exact) mass is 283 g/mol. The maximum absolute atomic E-state index is 12.5. The third-order valence-electron chi connectivity index (χ3n) is 4.62. The fourth-order valence-corrected chi connectivity index (χ4v) is 2.99. The molecule has 0 atom stereocenters. The summed E-state index contributed by atoms with van der Waals surface area (Å²) in [5.74, 6) is 0. The predicted molar refractivity (Wildman–Crippen MR) is 72.5 cm³/mol. The van der Waals surface area contributed by atoms with E-state index in [0.29, 0.717) is 6.04 Å². The van der Waals surface area contributed by atoms with Gasteiger partial charge in [0.05, 0.1) is 5.56 Å². The molecule has 0 radical (unpaired) electrons. The lowest BCUT2D eigenvalue weighted by Gasteiger charge is -2.42. The van der Waals surface area contributed by atoms with Gasteiger partial charge in [-0.3, -0.25) is 0 Å². The molecule has 0 bridgehead atoms. The van der Waals surface area contributed by atoms with E-state index in [-0.39, 0.29) is 5.41 Å². The van der Waals surface area contributed by atoms with Crippen molar-refractivity contribution in [3.63, 3.8) is 0 Å². The first kappa shape index (κ1) is 13.9. The van der Waals surface area contributed by atoms with Crippen molar-refractivity contribution in [2.45, 2.75) is 50.7 Å². The van der Waals surface area contributed by atoms with E-state index in [2.05, 4.69) is 5.32 Å². The first-order valence-electron chi connectivity index (χ1n) is 7.36. The quantitative estimate of drug-likeness (QED) is 0.855. The SMILES string of the molecule is FC(F)(F)c1ccc(CC2(CNC3CC3)CCC2)cc1. The lowest BCUT2D eigenvalue weighted by molar-refractivity contribution is -0.137. The zero-order valence-corrected chi connectivity index (χ0v) is 11.5. The van der Waals surface area contributed by atoms with E-state index < -0.39 is 11.7 Å². The molecule has 2 fully saturated rings. The minimum atomic E-state index is -4.24. The van der Waals surface area contributed by atoms with Gasteiger partial charge in [0.2, 0.25) is 0 Å². The largest absolute Gasteiger partial charge is 0.416 e. The Kier molecular flexibility index (Phi) is 3.53. The summed E-state index contributed by atoms with van der Waals surface area (Å²) in [6.07, 6.45) is 2.83. The molecule has 0 amide bonds. The maximum atomic E-state index is 12.5. The Morgan fingerprint density at radius 2 is 1.75 bits per heavy atom. The highest BCUT2D eigenvalue weighted by Crippen LogP contribution is 2.44. The number of hydrogen-bond donors (Lipinski definition) is 1. The molecule has 1 nitrogen and oxygen atoms in total. The van der Waals surface area contributed by atoms with Gasteiger partial charge in [-0.25, -0.2) is 0 Å². The Labute approximate surface area is 117 Å². The molecule has 2 aliphatic carbocycles. The predicted octanol–water partition coefficient (Wildman–Crippen LogP) is 4.17. The normalized spacial score (nSPS) is 21.6. The van der Waals surface area contributed by atoms with E-state index in [4.69, 9.17) is 0 Å². The summed E-state index contributed by atoms with van der Waals surface area (Å²) < 4.78 is 37.6. The molecule has 1 aromatic rings. The van der Waals surface area contributed by atoms with Crippen LogP contribution in [0, 0.1) is 5.41 Å². The first-order chi connectivity index (χ1) is 9.47. The van der Waals surface area contributed by atoms with Crippen LogP contribution in [0.1, 0.15) is 43.2 Å². The van der Waals surface area contributed by atoms with Crippen LogP contribution in [0.4, 0.5) is 13.2 Å². The van der Waals surface area contributed by atoms with Crippen LogP contribution in [0.25, 0.3) is 0 Å². The van der Waals surface area contributed by atoms with E-state index >= 15 is 0 Å². The van der Waals surface area contributed by atoms with Gasteiger partial charge in [-0.15, -0.1) is 0 Å². The van der Waals surface area contributed by atoms with Gasteiger partial charge < -0.3 is 5.32 Å².